The van der Waals surface area contributed by atoms with Crippen LogP contribution in [0.3, 0.4) is 0 Å². The number of anilines is 1. The Morgan fingerprint density at radius 3 is 2.44 bits per heavy atom. The molecule has 2 fully saturated rings. The van der Waals surface area contributed by atoms with Gasteiger partial charge in [-0.25, -0.2) is 14.6 Å². The van der Waals surface area contributed by atoms with E-state index in [4.69, 9.17) is 0 Å². The van der Waals surface area contributed by atoms with Gasteiger partial charge in [0.25, 0.3) is 5.56 Å². The summed E-state index contributed by atoms with van der Waals surface area (Å²) in [5.41, 5.74) is -0.0710. The number of nitrogens with one attached hydrogen (secondary N) is 1. The SMILES string of the molecule is O=c1ccc(C2CC2)nn1C1CCC(Nc2cc(C(F)(F)F)ncn2)CC1. The van der Waals surface area contributed by atoms with E-state index in [0.717, 1.165) is 56.6 Å². The van der Waals surface area contributed by atoms with Gasteiger partial charge in [0.1, 0.15) is 17.8 Å². The largest absolute Gasteiger partial charge is 0.433 e. The van der Waals surface area contributed by atoms with Crippen molar-refractivity contribution >= 4 is 5.82 Å². The zero-order chi connectivity index (χ0) is 19.0. The fraction of sp³-hybridized carbons (Fsp3) is 0.556. The van der Waals surface area contributed by atoms with Crippen LogP contribution in [0.15, 0.2) is 29.3 Å². The van der Waals surface area contributed by atoms with Crippen molar-refractivity contribution in [2.75, 3.05) is 5.32 Å². The van der Waals surface area contributed by atoms with Crippen molar-refractivity contribution in [2.45, 2.75) is 62.7 Å². The Labute approximate surface area is 153 Å². The molecule has 0 spiro atoms. The summed E-state index contributed by atoms with van der Waals surface area (Å²) in [5, 5.41) is 7.60. The molecule has 4 rings (SSSR count). The molecule has 0 unspecified atom stereocenters. The minimum atomic E-state index is -4.49. The van der Waals surface area contributed by atoms with Crippen LogP contribution >= 0.6 is 0 Å². The lowest BCUT2D eigenvalue weighted by Gasteiger charge is -2.30. The second kappa shape index (κ2) is 6.94. The lowest BCUT2D eigenvalue weighted by Crippen LogP contribution is -2.33. The van der Waals surface area contributed by atoms with Gasteiger partial charge in [0.2, 0.25) is 0 Å². The van der Waals surface area contributed by atoms with Crippen LogP contribution in [0.1, 0.15) is 61.9 Å². The number of halogens is 3. The third kappa shape index (κ3) is 4.12. The van der Waals surface area contributed by atoms with Crippen molar-refractivity contribution in [2.24, 2.45) is 0 Å². The summed E-state index contributed by atoms with van der Waals surface area (Å²) in [4.78, 5) is 19.3. The Balaban J connectivity index is 1.40. The van der Waals surface area contributed by atoms with Crippen molar-refractivity contribution in [1.82, 2.24) is 19.7 Å². The van der Waals surface area contributed by atoms with Crippen molar-refractivity contribution in [3.63, 3.8) is 0 Å². The number of hydrogen-bond donors (Lipinski definition) is 1. The predicted octanol–water partition coefficient (Wildman–Crippen LogP) is 3.53. The van der Waals surface area contributed by atoms with Crippen LogP contribution in [0.5, 0.6) is 0 Å². The van der Waals surface area contributed by atoms with E-state index in [-0.39, 0.29) is 23.5 Å². The molecular weight excluding hydrogens is 359 g/mol. The minimum Gasteiger partial charge on any atom is -0.367 e. The van der Waals surface area contributed by atoms with Gasteiger partial charge in [0.15, 0.2) is 0 Å². The maximum Gasteiger partial charge on any atom is 0.433 e. The molecule has 2 aliphatic rings. The summed E-state index contributed by atoms with van der Waals surface area (Å²) in [6.07, 6.45) is 1.64. The molecule has 0 aliphatic heterocycles. The molecule has 0 bridgehead atoms. The molecular formula is C18H20F3N5O. The van der Waals surface area contributed by atoms with Crippen LogP contribution < -0.4 is 10.9 Å². The molecule has 2 aromatic rings. The standard InChI is InChI=1S/C18H20F3N5O/c19-18(20,21)15-9-16(23-10-22-15)24-12-3-5-13(6-4-12)26-17(27)8-7-14(25-26)11-1-2-11/h7-13H,1-6H2,(H,22,23,24). The first-order valence-corrected chi connectivity index (χ1v) is 9.15. The summed E-state index contributed by atoms with van der Waals surface area (Å²) < 4.78 is 39.9. The van der Waals surface area contributed by atoms with Crippen LogP contribution in [-0.2, 0) is 6.18 Å². The van der Waals surface area contributed by atoms with E-state index in [1.54, 1.807) is 10.7 Å². The van der Waals surface area contributed by atoms with Crippen molar-refractivity contribution in [3.05, 3.63) is 46.3 Å². The zero-order valence-corrected chi connectivity index (χ0v) is 14.6. The minimum absolute atomic E-state index is 0.0135. The van der Waals surface area contributed by atoms with Crippen molar-refractivity contribution in [1.29, 1.82) is 0 Å². The summed E-state index contributed by atoms with van der Waals surface area (Å²) in [5.74, 6) is 0.655. The fourth-order valence-electron chi connectivity index (χ4n) is 3.56. The first-order valence-electron chi connectivity index (χ1n) is 9.15. The van der Waals surface area contributed by atoms with Crippen LogP contribution in [0, 0.1) is 0 Å². The third-order valence-corrected chi connectivity index (χ3v) is 5.19. The third-order valence-electron chi connectivity index (χ3n) is 5.19. The molecule has 0 aromatic carbocycles. The first-order chi connectivity index (χ1) is 12.9. The molecule has 144 valence electrons. The normalized spacial score (nSPS) is 23.2. The Morgan fingerprint density at radius 1 is 1.04 bits per heavy atom. The first kappa shape index (κ1) is 17.9. The molecule has 0 radical (unpaired) electrons. The molecule has 27 heavy (non-hydrogen) atoms. The molecule has 0 atom stereocenters. The zero-order valence-electron chi connectivity index (χ0n) is 14.6. The molecule has 0 saturated heterocycles. The van der Waals surface area contributed by atoms with E-state index in [1.807, 2.05) is 6.07 Å². The molecule has 6 nitrogen and oxygen atoms in total. The average molecular weight is 379 g/mol. The maximum absolute atomic E-state index is 12.8. The predicted molar refractivity (Wildman–Crippen MR) is 92.4 cm³/mol. The Morgan fingerprint density at radius 2 is 1.78 bits per heavy atom. The number of alkyl halides is 3. The van der Waals surface area contributed by atoms with Gasteiger partial charge in [-0.1, -0.05) is 0 Å². The highest BCUT2D eigenvalue weighted by atomic mass is 19.4. The van der Waals surface area contributed by atoms with Crippen LogP contribution in [0.2, 0.25) is 0 Å². The average Bonchev–Trinajstić information content (AvgIpc) is 3.48. The van der Waals surface area contributed by atoms with Crippen molar-refractivity contribution in [3.8, 4) is 0 Å². The van der Waals surface area contributed by atoms with Gasteiger partial charge in [0, 0.05) is 24.1 Å². The monoisotopic (exact) mass is 379 g/mol. The van der Waals surface area contributed by atoms with Gasteiger partial charge >= 0.3 is 6.18 Å². The van der Waals surface area contributed by atoms with E-state index >= 15 is 0 Å². The molecule has 1 N–H and O–H groups in total. The molecule has 9 heteroatoms. The van der Waals surface area contributed by atoms with E-state index in [9.17, 15) is 18.0 Å². The second-order valence-corrected chi connectivity index (χ2v) is 7.25. The van der Waals surface area contributed by atoms with E-state index in [0.29, 0.717) is 5.92 Å². The lowest BCUT2D eigenvalue weighted by atomic mass is 9.91. The van der Waals surface area contributed by atoms with Crippen LogP contribution in [0.4, 0.5) is 19.0 Å². The van der Waals surface area contributed by atoms with Crippen LogP contribution in [0.25, 0.3) is 0 Å². The summed E-state index contributed by atoms with van der Waals surface area (Å²) in [6.45, 7) is 0. The highest BCUT2D eigenvalue weighted by Gasteiger charge is 2.33. The quantitative estimate of drug-likeness (QED) is 0.880. The van der Waals surface area contributed by atoms with E-state index in [1.165, 1.54) is 0 Å². The van der Waals surface area contributed by atoms with Gasteiger partial charge in [-0.15, -0.1) is 0 Å². The van der Waals surface area contributed by atoms with Gasteiger partial charge in [-0.2, -0.15) is 18.3 Å². The summed E-state index contributed by atoms with van der Waals surface area (Å²) >= 11 is 0. The number of hydrogen-bond acceptors (Lipinski definition) is 5. The number of rotatable bonds is 4. The molecule has 2 aliphatic carbocycles. The van der Waals surface area contributed by atoms with E-state index in [2.05, 4.69) is 20.4 Å². The number of nitrogens with zero attached hydrogens (tertiary/aromatic N) is 4. The van der Waals surface area contributed by atoms with Gasteiger partial charge in [-0.05, 0) is 44.6 Å². The molecule has 2 heterocycles. The lowest BCUT2D eigenvalue weighted by molar-refractivity contribution is -0.141. The molecule has 0 amide bonds. The summed E-state index contributed by atoms with van der Waals surface area (Å²) in [7, 11) is 0. The van der Waals surface area contributed by atoms with Gasteiger partial charge in [-0.3, -0.25) is 4.79 Å². The van der Waals surface area contributed by atoms with Gasteiger partial charge < -0.3 is 5.32 Å². The highest BCUT2D eigenvalue weighted by Crippen LogP contribution is 2.39. The van der Waals surface area contributed by atoms with Crippen LogP contribution in [-0.4, -0.2) is 25.8 Å². The topological polar surface area (TPSA) is 72.7 Å². The van der Waals surface area contributed by atoms with E-state index < -0.39 is 11.9 Å². The Kier molecular flexibility index (Phi) is 4.61. The maximum atomic E-state index is 12.8. The fourth-order valence-corrected chi connectivity index (χ4v) is 3.56. The Hall–Kier alpha value is -2.45. The summed E-state index contributed by atoms with van der Waals surface area (Å²) in [6, 6.07) is 4.38. The van der Waals surface area contributed by atoms with Crippen molar-refractivity contribution < 1.29 is 13.2 Å². The Bertz CT molecular complexity index is 870. The highest BCUT2D eigenvalue weighted by molar-refractivity contribution is 5.36. The van der Waals surface area contributed by atoms with Gasteiger partial charge in [0.05, 0.1) is 11.7 Å². The molecule has 2 aromatic heterocycles. The molecule has 2 saturated carbocycles. The smallest absolute Gasteiger partial charge is 0.367 e. The second-order valence-electron chi connectivity index (χ2n) is 7.25. The number of aromatic nitrogens is 4.